The van der Waals surface area contributed by atoms with E-state index in [1.165, 1.54) is 19.0 Å². The number of piperidine rings is 1. The summed E-state index contributed by atoms with van der Waals surface area (Å²) in [6.07, 6.45) is 3.74. The molecule has 0 amide bonds. The molecular formula is C13H23N5O2. The molecule has 112 valence electrons. The highest BCUT2D eigenvalue weighted by atomic mass is 16.6. The SMILES string of the molecule is CNCC1CCN(CCn2c([N+](=O)[O-])cnc2C)CC1. The van der Waals surface area contributed by atoms with Crippen molar-refractivity contribution < 1.29 is 4.92 Å². The number of rotatable bonds is 6. The van der Waals surface area contributed by atoms with Crippen molar-refractivity contribution in [2.45, 2.75) is 26.3 Å². The molecule has 0 saturated carbocycles. The first-order valence-corrected chi connectivity index (χ1v) is 7.15. The number of nitrogens with one attached hydrogen (secondary N) is 1. The van der Waals surface area contributed by atoms with Crippen molar-refractivity contribution in [1.82, 2.24) is 19.8 Å². The number of hydrogen-bond donors (Lipinski definition) is 1. The molecule has 7 nitrogen and oxygen atoms in total. The van der Waals surface area contributed by atoms with E-state index in [0.717, 1.165) is 32.1 Å². The summed E-state index contributed by atoms with van der Waals surface area (Å²) in [6, 6.07) is 0. The first-order chi connectivity index (χ1) is 9.61. The maximum atomic E-state index is 10.9. The molecule has 0 atom stereocenters. The van der Waals surface area contributed by atoms with Crippen LogP contribution in [0.25, 0.3) is 0 Å². The third kappa shape index (κ3) is 3.55. The van der Waals surface area contributed by atoms with Crippen LogP contribution in [-0.2, 0) is 6.54 Å². The zero-order valence-corrected chi connectivity index (χ0v) is 12.2. The van der Waals surface area contributed by atoms with Crippen molar-refractivity contribution in [3.8, 4) is 0 Å². The number of nitro groups is 1. The second-order valence-electron chi connectivity index (χ2n) is 5.42. The van der Waals surface area contributed by atoms with Gasteiger partial charge in [0.05, 0.1) is 0 Å². The molecule has 0 radical (unpaired) electrons. The predicted molar refractivity (Wildman–Crippen MR) is 76.7 cm³/mol. The van der Waals surface area contributed by atoms with E-state index >= 15 is 0 Å². The number of hydrogen-bond acceptors (Lipinski definition) is 5. The Bertz CT molecular complexity index is 452. The summed E-state index contributed by atoms with van der Waals surface area (Å²) < 4.78 is 1.69. The Labute approximate surface area is 119 Å². The molecule has 0 bridgehead atoms. The van der Waals surface area contributed by atoms with E-state index in [1.807, 2.05) is 14.0 Å². The predicted octanol–water partition coefficient (Wildman–Crippen LogP) is 1.03. The van der Waals surface area contributed by atoms with E-state index in [-0.39, 0.29) is 10.7 Å². The van der Waals surface area contributed by atoms with Gasteiger partial charge in [0.15, 0.2) is 5.82 Å². The Hall–Kier alpha value is -1.47. The lowest BCUT2D eigenvalue weighted by molar-refractivity contribution is -0.392. The van der Waals surface area contributed by atoms with Crippen molar-refractivity contribution in [3.63, 3.8) is 0 Å². The number of nitrogens with zero attached hydrogens (tertiary/aromatic N) is 4. The van der Waals surface area contributed by atoms with Gasteiger partial charge in [-0.15, -0.1) is 0 Å². The van der Waals surface area contributed by atoms with Crippen LogP contribution in [0.1, 0.15) is 18.7 Å². The first-order valence-electron chi connectivity index (χ1n) is 7.15. The third-order valence-electron chi connectivity index (χ3n) is 4.06. The van der Waals surface area contributed by atoms with Crippen molar-refractivity contribution >= 4 is 5.82 Å². The van der Waals surface area contributed by atoms with Crippen molar-refractivity contribution in [1.29, 1.82) is 0 Å². The van der Waals surface area contributed by atoms with E-state index in [2.05, 4.69) is 15.2 Å². The van der Waals surface area contributed by atoms with Crippen LogP contribution < -0.4 is 5.32 Å². The molecule has 20 heavy (non-hydrogen) atoms. The van der Waals surface area contributed by atoms with E-state index in [1.54, 1.807) is 4.57 Å². The van der Waals surface area contributed by atoms with Crippen LogP contribution in [0.15, 0.2) is 6.20 Å². The molecule has 1 fully saturated rings. The molecule has 0 unspecified atom stereocenters. The number of aryl methyl sites for hydroxylation is 1. The van der Waals surface area contributed by atoms with Gasteiger partial charge in [-0.25, -0.2) is 9.55 Å². The Balaban J connectivity index is 1.85. The normalized spacial score (nSPS) is 17.5. The average molecular weight is 281 g/mol. The molecular weight excluding hydrogens is 258 g/mol. The third-order valence-corrected chi connectivity index (χ3v) is 4.06. The Kier molecular flexibility index (Phi) is 5.08. The smallest absolute Gasteiger partial charge is 0.342 e. The van der Waals surface area contributed by atoms with Gasteiger partial charge >= 0.3 is 5.82 Å². The minimum absolute atomic E-state index is 0.0903. The lowest BCUT2D eigenvalue weighted by Gasteiger charge is -2.31. The zero-order valence-electron chi connectivity index (χ0n) is 12.2. The summed E-state index contributed by atoms with van der Waals surface area (Å²) in [5.41, 5.74) is 0. The molecule has 1 aromatic rings. The highest BCUT2D eigenvalue weighted by molar-refractivity contribution is 5.18. The van der Waals surface area contributed by atoms with Gasteiger partial charge < -0.3 is 15.4 Å². The minimum atomic E-state index is -0.362. The molecule has 0 aromatic carbocycles. The molecule has 1 aliphatic heterocycles. The zero-order chi connectivity index (χ0) is 14.5. The summed E-state index contributed by atoms with van der Waals surface area (Å²) in [6.45, 7) is 6.54. The summed E-state index contributed by atoms with van der Waals surface area (Å²) >= 11 is 0. The maximum Gasteiger partial charge on any atom is 0.342 e. The largest absolute Gasteiger partial charge is 0.358 e. The summed E-state index contributed by atoms with van der Waals surface area (Å²) in [5, 5.41) is 14.2. The average Bonchev–Trinajstić information content (AvgIpc) is 2.80. The highest BCUT2D eigenvalue weighted by Crippen LogP contribution is 2.18. The second kappa shape index (κ2) is 6.81. The van der Waals surface area contributed by atoms with Gasteiger partial charge in [-0.3, -0.25) is 4.90 Å². The molecule has 0 spiro atoms. The first kappa shape index (κ1) is 14.9. The van der Waals surface area contributed by atoms with E-state index in [4.69, 9.17) is 0 Å². The summed E-state index contributed by atoms with van der Waals surface area (Å²) in [4.78, 5) is 17.0. The van der Waals surface area contributed by atoms with Crippen LogP contribution in [0.5, 0.6) is 0 Å². The van der Waals surface area contributed by atoms with Gasteiger partial charge in [0.2, 0.25) is 0 Å². The molecule has 7 heteroatoms. The molecule has 1 saturated heterocycles. The molecule has 0 aliphatic carbocycles. The van der Waals surface area contributed by atoms with Gasteiger partial charge in [0, 0.05) is 13.5 Å². The van der Waals surface area contributed by atoms with Crippen LogP contribution in [0.2, 0.25) is 0 Å². The molecule has 2 rings (SSSR count). The van der Waals surface area contributed by atoms with Crippen LogP contribution >= 0.6 is 0 Å². The number of aromatic nitrogens is 2. The van der Waals surface area contributed by atoms with E-state index in [9.17, 15) is 10.1 Å². The van der Waals surface area contributed by atoms with Crippen molar-refractivity contribution in [2.24, 2.45) is 5.92 Å². The minimum Gasteiger partial charge on any atom is -0.358 e. The molecule has 1 N–H and O–H groups in total. The fourth-order valence-corrected chi connectivity index (χ4v) is 2.82. The topological polar surface area (TPSA) is 76.2 Å². The summed E-state index contributed by atoms with van der Waals surface area (Å²) in [5.74, 6) is 1.56. The standard InChI is InChI=1S/C13H23N5O2/c1-11-15-10-13(18(19)20)17(11)8-7-16-5-3-12(4-6-16)9-14-2/h10,12,14H,3-9H2,1-2H3. The number of imidazole rings is 1. The van der Waals surface area contributed by atoms with Crippen LogP contribution in [0.3, 0.4) is 0 Å². The monoisotopic (exact) mass is 281 g/mol. The lowest BCUT2D eigenvalue weighted by atomic mass is 9.97. The number of likely N-dealkylation sites (tertiary alicyclic amines) is 1. The van der Waals surface area contributed by atoms with Crippen molar-refractivity contribution in [3.05, 3.63) is 22.1 Å². The molecule has 2 heterocycles. The van der Waals surface area contributed by atoms with Gasteiger partial charge in [-0.05, 0) is 50.4 Å². The van der Waals surface area contributed by atoms with E-state index < -0.39 is 0 Å². The second-order valence-corrected chi connectivity index (χ2v) is 5.42. The van der Waals surface area contributed by atoms with Crippen LogP contribution in [0.4, 0.5) is 5.82 Å². The van der Waals surface area contributed by atoms with Crippen LogP contribution in [-0.4, -0.2) is 52.6 Å². The highest BCUT2D eigenvalue weighted by Gasteiger charge is 2.21. The quantitative estimate of drug-likeness (QED) is 0.622. The maximum absolute atomic E-state index is 10.9. The van der Waals surface area contributed by atoms with Gasteiger partial charge in [-0.2, -0.15) is 0 Å². The molecule has 1 aliphatic rings. The Morgan fingerprint density at radius 1 is 1.45 bits per heavy atom. The van der Waals surface area contributed by atoms with E-state index in [0.29, 0.717) is 12.4 Å². The Morgan fingerprint density at radius 2 is 2.15 bits per heavy atom. The lowest BCUT2D eigenvalue weighted by Crippen LogP contribution is -2.38. The summed E-state index contributed by atoms with van der Waals surface area (Å²) in [7, 11) is 1.99. The van der Waals surface area contributed by atoms with Crippen LogP contribution in [0, 0.1) is 23.0 Å². The fourth-order valence-electron chi connectivity index (χ4n) is 2.82. The van der Waals surface area contributed by atoms with Gasteiger partial charge in [0.25, 0.3) is 0 Å². The Morgan fingerprint density at radius 3 is 2.75 bits per heavy atom. The van der Waals surface area contributed by atoms with Crippen molar-refractivity contribution in [2.75, 3.05) is 33.2 Å². The van der Waals surface area contributed by atoms with Gasteiger partial charge in [-0.1, -0.05) is 0 Å². The van der Waals surface area contributed by atoms with Gasteiger partial charge in [0.1, 0.15) is 12.7 Å². The molecule has 1 aromatic heterocycles. The fraction of sp³-hybridized carbons (Fsp3) is 0.769.